The number of carboxylic acids is 1. The van der Waals surface area contributed by atoms with Crippen LogP contribution in [0.2, 0.25) is 0 Å². The number of nitrogens with one attached hydrogen (secondary N) is 1. The first kappa shape index (κ1) is 46.5. The Morgan fingerprint density at radius 1 is 0.583 bits per heavy atom. The fraction of sp³-hybridized carbons (Fsp3) is 0.917. The van der Waals surface area contributed by atoms with Crippen LogP contribution in [0.4, 0.5) is 0 Å². The second kappa shape index (κ2) is 32.7. The molecule has 0 aliphatic carbocycles. The number of ether oxygens (including phenoxy) is 1. The van der Waals surface area contributed by atoms with Gasteiger partial charge in [0, 0.05) is 12.8 Å². The number of rotatable bonds is 36. The van der Waals surface area contributed by atoms with Gasteiger partial charge < -0.3 is 25.2 Å². The number of carbonyl (C=O) groups excluding carboxylic acids is 2. The maximum absolute atomic E-state index is 12.2. The van der Waals surface area contributed by atoms with E-state index in [-0.39, 0.29) is 12.8 Å². The van der Waals surface area contributed by atoms with E-state index in [4.69, 9.17) is 13.8 Å². The average Bonchev–Trinajstić information content (AvgIpc) is 3.05. The highest BCUT2D eigenvalue weighted by atomic mass is 31.2. The number of esters is 1. The van der Waals surface area contributed by atoms with Crippen LogP contribution in [-0.2, 0) is 32.7 Å². The van der Waals surface area contributed by atoms with Crippen molar-refractivity contribution in [3.63, 3.8) is 0 Å². The van der Waals surface area contributed by atoms with Crippen molar-refractivity contribution in [2.24, 2.45) is 0 Å². The summed E-state index contributed by atoms with van der Waals surface area (Å²) in [5.41, 5.74) is 0. The molecular weight excluding hydrogens is 637 g/mol. The maximum atomic E-state index is 12.2. The fourth-order valence-electron chi connectivity index (χ4n) is 5.37. The van der Waals surface area contributed by atoms with Crippen molar-refractivity contribution < 1.29 is 47.8 Å². The molecular formula is C36H70NO10P. The number of phosphoric acid groups is 1. The molecule has 0 heterocycles. The number of carbonyl (C=O) groups is 3. The lowest BCUT2D eigenvalue weighted by Gasteiger charge is -2.18. The van der Waals surface area contributed by atoms with Gasteiger partial charge in [-0.2, -0.15) is 0 Å². The Morgan fingerprint density at radius 3 is 1.38 bits per heavy atom. The van der Waals surface area contributed by atoms with Crippen molar-refractivity contribution >= 4 is 25.7 Å². The summed E-state index contributed by atoms with van der Waals surface area (Å²) in [4.78, 5) is 45.6. The zero-order valence-electron chi connectivity index (χ0n) is 30.3. The minimum absolute atomic E-state index is 0.152. The van der Waals surface area contributed by atoms with Gasteiger partial charge in [0.05, 0.1) is 13.2 Å². The molecule has 3 unspecified atom stereocenters. The molecule has 0 rings (SSSR count). The van der Waals surface area contributed by atoms with Crippen molar-refractivity contribution in [1.82, 2.24) is 5.32 Å². The van der Waals surface area contributed by atoms with Crippen molar-refractivity contribution in [3.05, 3.63) is 0 Å². The Labute approximate surface area is 291 Å². The molecule has 0 saturated carbocycles. The van der Waals surface area contributed by atoms with Crippen LogP contribution >= 0.6 is 7.82 Å². The third-order valence-electron chi connectivity index (χ3n) is 8.40. The minimum Gasteiger partial charge on any atom is -0.480 e. The molecule has 12 heteroatoms. The smallest absolute Gasteiger partial charge is 0.472 e. The van der Waals surface area contributed by atoms with Crippen LogP contribution in [0.25, 0.3) is 0 Å². The molecule has 48 heavy (non-hydrogen) atoms. The highest BCUT2D eigenvalue weighted by Gasteiger charge is 2.28. The maximum Gasteiger partial charge on any atom is 0.472 e. The zero-order valence-corrected chi connectivity index (χ0v) is 31.2. The number of aliphatic carboxylic acids is 1. The predicted molar refractivity (Wildman–Crippen MR) is 190 cm³/mol. The first-order chi connectivity index (χ1) is 23.1. The van der Waals surface area contributed by atoms with Gasteiger partial charge in [0.25, 0.3) is 0 Å². The summed E-state index contributed by atoms with van der Waals surface area (Å²) >= 11 is 0. The van der Waals surface area contributed by atoms with Gasteiger partial charge in [-0.3, -0.25) is 18.6 Å². The number of amides is 1. The van der Waals surface area contributed by atoms with E-state index < -0.39 is 57.6 Å². The molecule has 0 aromatic carbocycles. The van der Waals surface area contributed by atoms with E-state index in [1.165, 1.54) is 103 Å². The third kappa shape index (κ3) is 31.7. The molecule has 0 radical (unpaired) electrons. The molecule has 0 aromatic heterocycles. The van der Waals surface area contributed by atoms with Gasteiger partial charge in [0.15, 0.2) is 6.04 Å². The van der Waals surface area contributed by atoms with Crippen molar-refractivity contribution in [3.8, 4) is 0 Å². The number of carboxylic acid groups (broad SMARTS) is 1. The van der Waals surface area contributed by atoms with Gasteiger partial charge in [-0.05, 0) is 12.8 Å². The molecule has 0 spiro atoms. The normalized spacial score (nSPS) is 13.9. The molecule has 0 bridgehead atoms. The summed E-state index contributed by atoms with van der Waals surface area (Å²) in [7, 11) is -4.74. The summed E-state index contributed by atoms with van der Waals surface area (Å²) in [6, 6.07) is -1.54. The molecule has 4 N–H and O–H groups in total. The molecule has 0 aromatic rings. The number of unbranched alkanes of at least 4 members (excludes halogenated alkanes) is 22. The quantitative estimate of drug-likeness (QED) is 0.0281. The van der Waals surface area contributed by atoms with E-state index in [1.807, 2.05) is 0 Å². The SMILES string of the molecule is CCCCCCCCCCCCCCC(=O)NC(COP(=O)(O)OCC(O)COC(=O)CCCCCCCCCCCCCC)C(=O)O. The summed E-state index contributed by atoms with van der Waals surface area (Å²) in [6.45, 7) is 2.57. The highest BCUT2D eigenvalue weighted by molar-refractivity contribution is 7.47. The summed E-state index contributed by atoms with van der Waals surface area (Å²) in [5.74, 6) is -2.36. The van der Waals surface area contributed by atoms with Crippen LogP contribution in [0.15, 0.2) is 0 Å². The van der Waals surface area contributed by atoms with Crippen LogP contribution in [-0.4, -0.2) is 64.9 Å². The average molecular weight is 708 g/mol. The summed E-state index contributed by atoms with van der Waals surface area (Å²) < 4.78 is 26.7. The fourth-order valence-corrected chi connectivity index (χ4v) is 6.15. The standard InChI is InChI=1S/C36H70NO10P/c1-3-5-7-9-11-13-15-17-19-21-23-25-27-34(39)37-33(36(41)42)31-47-48(43,44)46-30-32(38)29-45-35(40)28-26-24-22-20-18-16-14-12-10-8-6-4-2/h32-33,38H,3-31H2,1-2H3,(H,37,39)(H,41,42)(H,43,44). The van der Waals surface area contributed by atoms with Gasteiger partial charge in [-0.1, -0.05) is 155 Å². The predicted octanol–water partition coefficient (Wildman–Crippen LogP) is 8.78. The largest absolute Gasteiger partial charge is 0.480 e. The number of aliphatic hydroxyl groups is 1. The molecule has 11 nitrogen and oxygen atoms in total. The number of hydrogen-bond donors (Lipinski definition) is 4. The molecule has 284 valence electrons. The van der Waals surface area contributed by atoms with E-state index in [0.29, 0.717) is 12.8 Å². The van der Waals surface area contributed by atoms with Gasteiger partial charge >= 0.3 is 19.8 Å². The van der Waals surface area contributed by atoms with Crippen molar-refractivity contribution in [2.45, 2.75) is 193 Å². The van der Waals surface area contributed by atoms with Crippen molar-refractivity contribution in [1.29, 1.82) is 0 Å². The van der Waals surface area contributed by atoms with E-state index in [1.54, 1.807) is 0 Å². The van der Waals surface area contributed by atoms with E-state index in [2.05, 4.69) is 19.2 Å². The lowest BCUT2D eigenvalue weighted by Crippen LogP contribution is -2.43. The Hall–Kier alpha value is -1.52. The molecule has 0 saturated heterocycles. The molecule has 0 fully saturated rings. The van der Waals surface area contributed by atoms with Gasteiger partial charge in [-0.25, -0.2) is 9.36 Å². The van der Waals surface area contributed by atoms with Crippen LogP contribution in [0, 0.1) is 0 Å². The van der Waals surface area contributed by atoms with E-state index in [0.717, 1.165) is 38.5 Å². The lowest BCUT2D eigenvalue weighted by atomic mass is 10.0. The molecule has 1 amide bonds. The molecule has 0 aliphatic rings. The number of hydrogen-bond acceptors (Lipinski definition) is 8. The monoisotopic (exact) mass is 707 g/mol. The Bertz CT molecular complexity index is 844. The van der Waals surface area contributed by atoms with E-state index in [9.17, 15) is 34.1 Å². The molecule has 3 atom stereocenters. The van der Waals surface area contributed by atoms with Crippen LogP contribution in [0.3, 0.4) is 0 Å². The summed E-state index contributed by atoms with van der Waals surface area (Å²) in [5, 5.41) is 21.7. The minimum atomic E-state index is -4.74. The number of aliphatic hydroxyl groups excluding tert-OH is 1. The van der Waals surface area contributed by atoms with Gasteiger partial charge in [0.2, 0.25) is 5.91 Å². The first-order valence-electron chi connectivity index (χ1n) is 19.1. The van der Waals surface area contributed by atoms with Crippen LogP contribution in [0.5, 0.6) is 0 Å². The first-order valence-corrected chi connectivity index (χ1v) is 20.6. The Balaban J connectivity index is 3.95. The zero-order chi connectivity index (χ0) is 35.7. The molecule has 0 aliphatic heterocycles. The Morgan fingerprint density at radius 2 is 0.958 bits per heavy atom. The topological polar surface area (TPSA) is 169 Å². The van der Waals surface area contributed by atoms with Crippen LogP contribution in [0.1, 0.15) is 181 Å². The number of phosphoric ester groups is 1. The van der Waals surface area contributed by atoms with Gasteiger partial charge in [0.1, 0.15) is 12.7 Å². The third-order valence-corrected chi connectivity index (χ3v) is 9.35. The second-order valence-corrected chi connectivity index (χ2v) is 14.6. The van der Waals surface area contributed by atoms with Gasteiger partial charge in [-0.15, -0.1) is 0 Å². The summed E-state index contributed by atoms with van der Waals surface area (Å²) in [6.07, 6.45) is 27.0. The van der Waals surface area contributed by atoms with Crippen LogP contribution < -0.4 is 5.32 Å². The lowest BCUT2D eigenvalue weighted by molar-refractivity contribution is -0.147. The van der Waals surface area contributed by atoms with Crippen molar-refractivity contribution in [2.75, 3.05) is 19.8 Å². The highest BCUT2D eigenvalue weighted by Crippen LogP contribution is 2.43. The Kier molecular flexibility index (Phi) is 31.6. The second-order valence-electron chi connectivity index (χ2n) is 13.1. The van der Waals surface area contributed by atoms with E-state index >= 15 is 0 Å².